The molecule has 0 radical (unpaired) electrons. The van der Waals surface area contributed by atoms with Gasteiger partial charge in [0.25, 0.3) is 0 Å². The van der Waals surface area contributed by atoms with Crippen molar-refractivity contribution in [3.8, 4) is 0 Å². The van der Waals surface area contributed by atoms with Gasteiger partial charge in [0, 0.05) is 37.4 Å². The summed E-state index contributed by atoms with van der Waals surface area (Å²) in [6, 6.07) is 10.4. The molecule has 0 bridgehead atoms. The van der Waals surface area contributed by atoms with Crippen molar-refractivity contribution in [3.05, 3.63) is 52.0 Å². The van der Waals surface area contributed by atoms with Gasteiger partial charge in [0.15, 0.2) is 5.96 Å². The molecule has 1 aromatic heterocycles. The van der Waals surface area contributed by atoms with Crippen molar-refractivity contribution in [3.63, 3.8) is 0 Å². The molecule has 3 rings (SSSR count). The summed E-state index contributed by atoms with van der Waals surface area (Å²) in [4.78, 5) is 11.5. The van der Waals surface area contributed by atoms with Crippen molar-refractivity contribution >= 4 is 41.3 Å². The fraction of sp³-hybridized carbons (Fsp3) is 0.524. The molecule has 0 spiro atoms. The molecule has 28 heavy (non-hydrogen) atoms. The Bertz CT molecular complexity index is 735. The number of rotatable bonds is 7. The van der Waals surface area contributed by atoms with E-state index in [2.05, 4.69) is 63.7 Å². The van der Waals surface area contributed by atoms with E-state index in [1.807, 2.05) is 13.1 Å². The van der Waals surface area contributed by atoms with Gasteiger partial charge in [-0.1, -0.05) is 44.2 Å². The van der Waals surface area contributed by atoms with Crippen LogP contribution in [0.3, 0.4) is 0 Å². The van der Waals surface area contributed by atoms with E-state index >= 15 is 0 Å². The molecule has 2 heterocycles. The van der Waals surface area contributed by atoms with Crippen LogP contribution in [0.5, 0.6) is 0 Å². The number of halogens is 1. The summed E-state index contributed by atoms with van der Waals surface area (Å²) in [6.45, 7) is 8.58. The smallest absolute Gasteiger partial charge is 0.193 e. The van der Waals surface area contributed by atoms with Crippen LogP contribution < -0.4 is 5.32 Å². The lowest BCUT2D eigenvalue weighted by Crippen LogP contribution is -2.39. The summed E-state index contributed by atoms with van der Waals surface area (Å²) in [6.07, 6.45) is 1.14. The van der Waals surface area contributed by atoms with E-state index in [9.17, 15) is 0 Å². The Kier molecular flexibility index (Phi) is 9.67. The highest BCUT2D eigenvalue weighted by molar-refractivity contribution is 14.0. The Morgan fingerprint density at radius 1 is 1.36 bits per heavy atom. The Morgan fingerprint density at radius 2 is 2.14 bits per heavy atom. The van der Waals surface area contributed by atoms with Crippen LogP contribution in [0.25, 0.3) is 0 Å². The van der Waals surface area contributed by atoms with E-state index < -0.39 is 0 Å². The van der Waals surface area contributed by atoms with Crippen LogP contribution in [0.15, 0.2) is 40.7 Å². The van der Waals surface area contributed by atoms with Crippen molar-refractivity contribution in [1.29, 1.82) is 0 Å². The molecule has 1 unspecified atom stereocenters. The number of guanidine groups is 1. The first-order chi connectivity index (χ1) is 13.2. The highest BCUT2D eigenvalue weighted by Crippen LogP contribution is 2.20. The maximum Gasteiger partial charge on any atom is 0.193 e. The third-order valence-corrected chi connectivity index (χ3v) is 5.95. The molecule has 0 saturated carbocycles. The molecule has 1 fully saturated rings. The summed E-state index contributed by atoms with van der Waals surface area (Å²) in [5, 5.41) is 6.79. The summed E-state index contributed by atoms with van der Waals surface area (Å²) in [5.74, 6) is 2.00. The third-order valence-electron chi connectivity index (χ3n) is 4.75. The molecule has 1 saturated heterocycles. The van der Waals surface area contributed by atoms with Crippen molar-refractivity contribution < 1.29 is 4.74 Å². The van der Waals surface area contributed by atoms with Crippen LogP contribution in [0.1, 0.15) is 42.5 Å². The number of benzene rings is 1. The van der Waals surface area contributed by atoms with E-state index in [4.69, 9.17) is 4.74 Å². The number of ether oxygens (including phenoxy) is 1. The molecule has 7 heteroatoms. The summed E-state index contributed by atoms with van der Waals surface area (Å²) < 4.78 is 5.92. The van der Waals surface area contributed by atoms with Gasteiger partial charge in [-0.15, -0.1) is 35.3 Å². The lowest BCUT2D eigenvalue weighted by atomic mass is 10.1. The van der Waals surface area contributed by atoms with Gasteiger partial charge < -0.3 is 15.0 Å². The number of aromatic nitrogens is 1. The number of likely N-dealkylation sites (tertiary alicyclic amines) is 1. The largest absolute Gasteiger partial charge is 0.376 e. The van der Waals surface area contributed by atoms with E-state index in [0.29, 0.717) is 18.4 Å². The van der Waals surface area contributed by atoms with Crippen LogP contribution in [-0.4, -0.2) is 42.6 Å². The van der Waals surface area contributed by atoms with Gasteiger partial charge in [-0.3, -0.25) is 4.99 Å². The summed E-state index contributed by atoms with van der Waals surface area (Å²) >= 11 is 1.74. The quantitative estimate of drug-likeness (QED) is 0.336. The average molecular weight is 514 g/mol. The molecule has 1 aromatic carbocycles. The second kappa shape index (κ2) is 11.7. The fourth-order valence-electron chi connectivity index (χ4n) is 3.25. The topological polar surface area (TPSA) is 49.8 Å². The predicted octanol–water partition coefficient (Wildman–Crippen LogP) is 4.50. The van der Waals surface area contributed by atoms with E-state index in [1.54, 1.807) is 11.3 Å². The second-order valence-corrected chi connectivity index (χ2v) is 8.22. The minimum atomic E-state index is 0. The molecule has 1 aliphatic heterocycles. The number of nitrogens with one attached hydrogen (secondary N) is 1. The Balaban J connectivity index is 0.00000280. The standard InChI is InChI=1S/C21H30N4OS.HI/c1-16(2)20-24-19(15-27-20)11-23-21(22-3)25-10-9-18(12-25)14-26-13-17-7-5-4-6-8-17;/h4-8,15-16,18H,9-14H2,1-3H3,(H,22,23);1H. The number of hydrogen-bond donors (Lipinski definition) is 1. The van der Waals surface area contributed by atoms with E-state index in [1.165, 1.54) is 10.6 Å². The van der Waals surface area contributed by atoms with Crippen LogP contribution in [-0.2, 0) is 17.9 Å². The first-order valence-electron chi connectivity index (χ1n) is 9.67. The van der Waals surface area contributed by atoms with Crippen molar-refractivity contribution in [1.82, 2.24) is 15.2 Å². The molecule has 0 amide bonds. The SMILES string of the molecule is CN=C(NCc1csc(C(C)C)n1)N1CCC(COCc2ccccc2)C1.I. The van der Waals surface area contributed by atoms with Gasteiger partial charge in [0.05, 0.1) is 30.5 Å². The highest BCUT2D eigenvalue weighted by atomic mass is 127. The van der Waals surface area contributed by atoms with Crippen molar-refractivity contribution in [2.45, 2.75) is 39.3 Å². The maximum atomic E-state index is 5.92. The predicted molar refractivity (Wildman–Crippen MR) is 128 cm³/mol. The zero-order chi connectivity index (χ0) is 19.1. The first-order valence-corrected chi connectivity index (χ1v) is 10.5. The molecular weight excluding hydrogens is 483 g/mol. The number of nitrogens with zero attached hydrogens (tertiary/aromatic N) is 3. The lowest BCUT2D eigenvalue weighted by Gasteiger charge is -2.21. The average Bonchev–Trinajstić information content (AvgIpc) is 3.33. The monoisotopic (exact) mass is 514 g/mol. The van der Waals surface area contributed by atoms with Gasteiger partial charge in [0.1, 0.15) is 0 Å². The van der Waals surface area contributed by atoms with Gasteiger partial charge >= 0.3 is 0 Å². The van der Waals surface area contributed by atoms with Crippen LogP contribution in [0.4, 0.5) is 0 Å². The summed E-state index contributed by atoms with van der Waals surface area (Å²) in [5.41, 5.74) is 2.32. The molecule has 1 aliphatic rings. The van der Waals surface area contributed by atoms with Gasteiger partial charge in [0.2, 0.25) is 0 Å². The van der Waals surface area contributed by atoms with E-state index in [0.717, 1.165) is 44.3 Å². The minimum Gasteiger partial charge on any atom is -0.376 e. The summed E-state index contributed by atoms with van der Waals surface area (Å²) in [7, 11) is 1.85. The van der Waals surface area contributed by atoms with Gasteiger partial charge in [-0.05, 0) is 12.0 Å². The molecule has 154 valence electrons. The molecule has 1 atom stereocenters. The Morgan fingerprint density at radius 3 is 2.82 bits per heavy atom. The van der Waals surface area contributed by atoms with Crippen molar-refractivity contribution in [2.75, 3.05) is 26.7 Å². The zero-order valence-corrected chi connectivity index (χ0v) is 20.1. The fourth-order valence-corrected chi connectivity index (χ4v) is 4.08. The number of aliphatic imine (C=N–C) groups is 1. The molecule has 0 aliphatic carbocycles. The molecular formula is C21H31IN4OS. The minimum absolute atomic E-state index is 0. The molecule has 2 aromatic rings. The van der Waals surface area contributed by atoms with Crippen LogP contribution in [0, 0.1) is 5.92 Å². The van der Waals surface area contributed by atoms with E-state index in [-0.39, 0.29) is 24.0 Å². The maximum absolute atomic E-state index is 5.92. The normalized spacial score (nSPS) is 17.1. The van der Waals surface area contributed by atoms with Crippen molar-refractivity contribution in [2.24, 2.45) is 10.9 Å². The first kappa shape index (κ1) is 23.1. The van der Waals surface area contributed by atoms with Crippen LogP contribution >= 0.6 is 35.3 Å². The van der Waals surface area contributed by atoms with Crippen LogP contribution in [0.2, 0.25) is 0 Å². The number of thiazole rings is 1. The second-order valence-electron chi connectivity index (χ2n) is 7.33. The zero-order valence-electron chi connectivity index (χ0n) is 16.9. The third kappa shape index (κ3) is 6.70. The Hall–Kier alpha value is -1.19. The Labute approximate surface area is 189 Å². The number of hydrogen-bond acceptors (Lipinski definition) is 4. The van der Waals surface area contributed by atoms with Gasteiger partial charge in [-0.2, -0.15) is 0 Å². The lowest BCUT2D eigenvalue weighted by molar-refractivity contribution is 0.0906. The van der Waals surface area contributed by atoms with Gasteiger partial charge in [-0.25, -0.2) is 4.98 Å². The molecule has 1 N–H and O–H groups in total. The highest BCUT2D eigenvalue weighted by Gasteiger charge is 2.25. The molecule has 5 nitrogen and oxygen atoms in total.